The van der Waals surface area contributed by atoms with Crippen molar-refractivity contribution in [3.63, 3.8) is 0 Å². The molecule has 0 spiro atoms. The molecular formula is C17H36N2O3. The molecule has 0 aromatic heterocycles. The van der Waals surface area contributed by atoms with Gasteiger partial charge in [-0.25, -0.2) is 0 Å². The topological polar surface area (TPSA) is 66.5 Å². The van der Waals surface area contributed by atoms with E-state index in [-0.39, 0.29) is 24.2 Å². The van der Waals surface area contributed by atoms with E-state index in [0.717, 1.165) is 12.7 Å². The molecule has 1 atom stereocenters. The number of carbonyl (C=O) groups is 3. The molecule has 1 N–H and O–H groups in total. The predicted molar refractivity (Wildman–Crippen MR) is 92.7 cm³/mol. The summed E-state index contributed by atoms with van der Waals surface area (Å²) in [5.74, 6) is -0.295. The van der Waals surface area contributed by atoms with Crippen molar-refractivity contribution in [3.05, 3.63) is 0 Å². The summed E-state index contributed by atoms with van der Waals surface area (Å²) in [6, 6.07) is 0. The molecule has 1 unspecified atom stereocenters. The Balaban J connectivity index is -0.000000826. The van der Waals surface area contributed by atoms with Crippen molar-refractivity contribution in [3.8, 4) is 0 Å². The van der Waals surface area contributed by atoms with Gasteiger partial charge in [-0.3, -0.25) is 9.59 Å². The minimum absolute atomic E-state index is 0.0265. The van der Waals surface area contributed by atoms with E-state index in [1.54, 1.807) is 18.9 Å². The number of hydrogen-bond donors (Lipinski definition) is 1. The minimum Gasteiger partial charge on any atom is -0.356 e. The Labute approximate surface area is 136 Å². The van der Waals surface area contributed by atoms with E-state index < -0.39 is 0 Å². The maximum atomic E-state index is 11.7. The summed E-state index contributed by atoms with van der Waals surface area (Å²) in [6.45, 7) is 13.0. The fourth-order valence-electron chi connectivity index (χ4n) is 1.56. The lowest BCUT2D eigenvalue weighted by Gasteiger charge is -2.20. The van der Waals surface area contributed by atoms with Crippen LogP contribution >= 0.6 is 0 Å². The van der Waals surface area contributed by atoms with Gasteiger partial charge in [0.15, 0.2) is 0 Å². The van der Waals surface area contributed by atoms with Gasteiger partial charge in [-0.2, -0.15) is 0 Å². The largest absolute Gasteiger partial charge is 0.356 e. The highest BCUT2D eigenvalue weighted by atomic mass is 16.2. The zero-order chi connectivity index (χ0) is 18.0. The Kier molecular flexibility index (Phi) is 22.8. The molecule has 5 heteroatoms. The first-order chi connectivity index (χ1) is 10.5. The van der Waals surface area contributed by atoms with Crippen LogP contribution in [0.1, 0.15) is 67.2 Å². The second-order valence-corrected chi connectivity index (χ2v) is 4.52. The lowest BCUT2D eigenvalue weighted by molar-refractivity contribution is -0.135. The SMILES string of the molecule is CC.CC.CCCNC(=O)CCCN(C)C(=O)C(C)CC=O. The summed E-state index contributed by atoms with van der Waals surface area (Å²) in [5.41, 5.74) is 0. The molecule has 2 amide bonds. The van der Waals surface area contributed by atoms with Crippen molar-refractivity contribution in [2.75, 3.05) is 20.1 Å². The molecule has 0 bridgehead atoms. The first-order valence-corrected chi connectivity index (χ1v) is 8.48. The van der Waals surface area contributed by atoms with Crippen LogP contribution in [0.5, 0.6) is 0 Å². The van der Waals surface area contributed by atoms with Crippen LogP contribution in [0, 0.1) is 5.92 Å². The number of nitrogens with one attached hydrogen (secondary N) is 1. The van der Waals surface area contributed by atoms with Crippen molar-refractivity contribution in [2.24, 2.45) is 5.92 Å². The zero-order valence-electron chi connectivity index (χ0n) is 15.6. The maximum Gasteiger partial charge on any atom is 0.225 e. The summed E-state index contributed by atoms with van der Waals surface area (Å²) in [5, 5.41) is 2.79. The summed E-state index contributed by atoms with van der Waals surface area (Å²) >= 11 is 0. The third-order valence-corrected chi connectivity index (χ3v) is 2.72. The van der Waals surface area contributed by atoms with Crippen LogP contribution in [0.3, 0.4) is 0 Å². The lowest BCUT2D eigenvalue weighted by atomic mass is 10.1. The van der Waals surface area contributed by atoms with Crippen LogP contribution in [0.4, 0.5) is 0 Å². The van der Waals surface area contributed by atoms with Crippen LogP contribution in [-0.4, -0.2) is 43.1 Å². The Bertz CT molecular complexity index is 281. The van der Waals surface area contributed by atoms with Gasteiger partial charge in [0.1, 0.15) is 6.29 Å². The van der Waals surface area contributed by atoms with Crippen LogP contribution in [0.15, 0.2) is 0 Å². The number of aldehydes is 1. The van der Waals surface area contributed by atoms with Crippen LogP contribution in [0.2, 0.25) is 0 Å². The van der Waals surface area contributed by atoms with Crippen LogP contribution in [0.25, 0.3) is 0 Å². The number of hydrogen-bond acceptors (Lipinski definition) is 3. The van der Waals surface area contributed by atoms with Crippen molar-refractivity contribution in [1.29, 1.82) is 0 Å². The first-order valence-electron chi connectivity index (χ1n) is 8.48. The average Bonchev–Trinajstić information content (AvgIpc) is 2.56. The van der Waals surface area contributed by atoms with E-state index in [0.29, 0.717) is 25.9 Å². The standard InChI is InChI=1S/C13H24N2O3.2C2H6/c1-4-8-14-12(17)6-5-9-15(3)13(18)11(2)7-10-16;2*1-2/h10-11H,4-9H2,1-3H3,(H,14,17);2*1-2H3. The molecule has 0 saturated heterocycles. The predicted octanol–water partition coefficient (Wildman–Crippen LogP) is 3.03. The summed E-state index contributed by atoms with van der Waals surface area (Å²) in [7, 11) is 1.70. The van der Waals surface area contributed by atoms with E-state index in [2.05, 4.69) is 5.32 Å². The molecule has 0 fully saturated rings. The molecule has 0 radical (unpaired) electrons. The van der Waals surface area contributed by atoms with E-state index in [1.165, 1.54) is 0 Å². The molecule has 132 valence electrons. The molecule has 5 nitrogen and oxygen atoms in total. The molecule has 0 aromatic carbocycles. The number of nitrogens with zero attached hydrogens (tertiary/aromatic N) is 1. The fraction of sp³-hybridized carbons (Fsp3) is 0.824. The van der Waals surface area contributed by atoms with Gasteiger partial charge in [0.25, 0.3) is 0 Å². The highest BCUT2D eigenvalue weighted by Gasteiger charge is 2.16. The van der Waals surface area contributed by atoms with Gasteiger partial charge in [-0.05, 0) is 12.8 Å². The highest BCUT2D eigenvalue weighted by Crippen LogP contribution is 2.05. The lowest BCUT2D eigenvalue weighted by Crippen LogP contribution is -2.33. The molecule has 0 aliphatic heterocycles. The van der Waals surface area contributed by atoms with Crippen molar-refractivity contribution >= 4 is 18.1 Å². The van der Waals surface area contributed by atoms with Crippen LogP contribution in [-0.2, 0) is 14.4 Å². The van der Waals surface area contributed by atoms with Gasteiger partial charge in [-0.1, -0.05) is 41.5 Å². The number of carbonyl (C=O) groups excluding carboxylic acids is 3. The minimum atomic E-state index is -0.276. The van der Waals surface area contributed by atoms with E-state index in [1.807, 2.05) is 34.6 Å². The summed E-state index contributed by atoms with van der Waals surface area (Å²) in [4.78, 5) is 35.0. The van der Waals surface area contributed by atoms with Crippen LogP contribution < -0.4 is 5.32 Å². The van der Waals surface area contributed by atoms with E-state index in [9.17, 15) is 14.4 Å². The molecule has 0 rings (SSSR count). The second-order valence-electron chi connectivity index (χ2n) is 4.52. The van der Waals surface area contributed by atoms with E-state index >= 15 is 0 Å². The second kappa shape index (κ2) is 19.6. The summed E-state index contributed by atoms with van der Waals surface area (Å²) in [6.07, 6.45) is 3.01. The molecule has 0 aliphatic carbocycles. The van der Waals surface area contributed by atoms with Gasteiger partial charge in [0, 0.05) is 38.9 Å². The summed E-state index contributed by atoms with van der Waals surface area (Å²) < 4.78 is 0. The molecular weight excluding hydrogens is 280 g/mol. The maximum absolute atomic E-state index is 11.7. The Morgan fingerprint density at radius 2 is 1.73 bits per heavy atom. The highest BCUT2D eigenvalue weighted by molar-refractivity contribution is 5.80. The number of rotatable bonds is 9. The molecule has 0 saturated carbocycles. The third-order valence-electron chi connectivity index (χ3n) is 2.72. The van der Waals surface area contributed by atoms with Gasteiger partial charge in [0.2, 0.25) is 11.8 Å². The van der Waals surface area contributed by atoms with E-state index in [4.69, 9.17) is 0 Å². The molecule has 0 heterocycles. The zero-order valence-corrected chi connectivity index (χ0v) is 15.6. The molecule has 22 heavy (non-hydrogen) atoms. The smallest absolute Gasteiger partial charge is 0.225 e. The van der Waals surface area contributed by atoms with Crippen molar-refractivity contribution in [2.45, 2.75) is 67.2 Å². The fourth-order valence-corrected chi connectivity index (χ4v) is 1.56. The monoisotopic (exact) mass is 316 g/mol. The van der Waals surface area contributed by atoms with Gasteiger partial charge < -0.3 is 15.0 Å². The van der Waals surface area contributed by atoms with Gasteiger partial charge >= 0.3 is 0 Å². The molecule has 0 aromatic rings. The van der Waals surface area contributed by atoms with Crippen molar-refractivity contribution in [1.82, 2.24) is 10.2 Å². The van der Waals surface area contributed by atoms with Gasteiger partial charge in [-0.15, -0.1) is 0 Å². The van der Waals surface area contributed by atoms with Crippen molar-refractivity contribution < 1.29 is 14.4 Å². The third kappa shape index (κ3) is 15.0. The Morgan fingerprint density at radius 1 is 1.18 bits per heavy atom. The average molecular weight is 316 g/mol. The first kappa shape index (κ1) is 25.6. The number of amides is 2. The quantitative estimate of drug-likeness (QED) is 0.665. The Hall–Kier alpha value is -1.39. The Morgan fingerprint density at radius 3 is 2.18 bits per heavy atom. The molecule has 0 aliphatic rings. The van der Waals surface area contributed by atoms with Gasteiger partial charge in [0.05, 0.1) is 0 Å². The normalized spacial score (nSPS) is 10.1.